The van der Waals surface area contributed by atoms with E-state index in [2.05, 4.69) is 29.1 Å². The van der Waals surface area contributed by atoms with Crippen LogP contribution in [0.15, 0.2) is 18.7 Å². The van der Waals surface area contributed by atoms with Crippen molar-refractivity contribution in [2.24, 2.45) is 5.92 Å². The number of aromatic nitrogens is 2. The van der Waals surface area contributed by atoms with Crippen molar-refractivity contribution in [2.45, 2.75) is 45.1 Å². The van der Waals surface area contributed by atoms with Crippen LogP contribution in [0.2, 0.25) is 0 Å². The minimum absolute atomic E-state index is 0.577. The highest BCUT2D eigenvalue weighted by Crippen LogP contribution is 2.38. The van der Waals surface area contributed by atoms with Gasteiger partial charge in [-0.3, -0.25) is 0 Å². The molecule has 3 nitrogen and oxygen atoms in total. The van der Waals surface area contributed by atoms with E-state index in [-0.39, 0.29) is 0 Å². The van der Waals surface area contributed by atoms with Crippen molar-refractivity contribution in [3.63, 3.8) is 0 Å². The van der Waals surface area contributed by atoms with Crippen LogP contribution in [0.25, 0.3) is 0 Å². The van der Waals surface area contributed by atoms with Gasteiger partial charge < -0.3 is 5.32 Å². The van der Waals surface area contributed by atoms with Crippen LogP contribution in [0.5, 0.6) is 0 Å². The molecule has 1 aromatic heterocycles. The van der Waals surface area contributed by atoms with Crippen molar-refractivity contribution in [3.05, 3.63) is 24.3 Å². The van der Waals surface area contributed by atoms with E-state index in [0.29, 0.717) is 12.0 Å². The predicted molar refractivity (Wildman–Crippen MR) is 65.3 cm³/mol. The fourth-order valence-corrected chi connectivity index (χ4v) is 2.61. The third-order valence-corrected chi connectivity index (χ3v) is 3.46. The van der Waals surface area contributed by atoms with Crippen LogP contribution < -0.4 is 5.32 Å². The second-order valence-corrected chi connectivity index (χ2v) is 5.03. The van der Waals surface area contributed by atoms with E-state index in [1.54, 1.807) is 6.33 Å². The third-order valence-electron chi connectivity index (χ3n) is 3.46. The molecule has 1 aliphatic carbocycles. The van der Waals surface area contributed by atoms with Crippen molar-refractivity contribution in [2.75, 3.05) is 6.54 Å². The molecule has 0 aromatic carbocycles. The molecule has 88 valence electrons. The Balaban J connectivity index is 1.98. The maximum Gasteiger partial charge on any atom is 0.115 e. The average Bonchev–Trinajstić information content (AvgIpc) is 2.75. The van der Waals surface area contributed by atoms with Crippen LogP contribution >= 0.6 is 0 Å². The highest BCUT2D eigenvalue weighted by atomic mass is 14.9. The lowest BCUT2D eigenvalue weighted by Crippen LogP contribution is -2.30. The van der Waals surface area contributed by atoms with Gasteiger partial charge in [0, 0.05) is 18.4 Å². The summed E-state index contributed by atoms with van der Waals surface area (Å²) in [5.74, 6) is 1.42. The fourth-order valence-electron chi connectivity index (χ4n) is 2.61. The molecule has 0 amide bonds. The highest BCUT2D eigenvalue weighted by Gasteiger charge is 2.28. The van der Waals surface area contributed by atoms with E-state index in [1.165, 1.54) is 24.8 Å². The van der Waals surface area contributed by atoms with Gasteiger partial charge in [-0.1, -0.05) is 20.3 Å². The van der Waals surface area contributed by atoms with Crippen LogP contribution in [-0.4, -0.2) is 22.6 Å². The molecule has 2 unspecified atom stereocenters. The van der Waals surface area contributed by atoms with Gasteiger partial charge >= 0.3 is 0 Å². The van der Waals surface area contributed by atoms with E-state index < -0.39 is 0 Å². The van der Waals surface area contributed by atoms with Crippen molar-refractivity contribution < 1.29 is 0 Å². The maximum atomic E-state index is 4.13. The SMILES string of the molecule is CC(C)NCC1CCCC1c1cncnc1. The molecule has 2 rings (SSSR count). The zero-order chi connectivity index (χ0) is 11.4. The molecule has 1 heterocycles. The van der Waals surface area contributed by atoms with Gasteiger partial charge in [0.05, 0.1) is 0 Å². The Morgan fingerprint density at radius 3 is 2.75 bits per heavy atom. The summed E-state index contributed by atoms with van der Waals surface area (Å²) < 4.78 is 0. The van der Waals surface area contributed by atoms with E-state index in [4.69, 9.17) is 0 Å². The Morgan fingerprint density at radius 1 is 1.31 bits per heavy atom. The Hall–Kier alpha value is -0.960. The standard InChI is InChI=1S/C13H21N3/c1-10(2)16-8-11-4-3-5-13(11)12-6-14-9-15-7-12/h6-7,9-11,13,16H,3-5,8H2,1-2H3. The number of hydrogen-bond acceptors (Lipinski definition) is 3. The molecule has 0 spiro atoms. The van der Waals surface area contributed by atoms with Gasteiger partial charge in [-0.2, -0.15) is 0 Å². The van der Waals surface area contributed by atoms with Gasteiger partial charge in [0.2, 0.25) is 0 Å². The topological polar surface area (TPSA) is 37.8 Å². The van der Waals surface area contributed by atoms with Crippen LogP contribution in [0.1, 0.15) is 44.6 Å². The largest absolute Gasteiger partial charge is 0.314 e. The van der Waals surface area contributed by atoms with E-state index in [1.807, 2.05) is 12.4 Å². The molecule has 1 saturated carbocycles. The van der Waals surface area contributed by atoms with Gasteiger partial charge in [0.25, 0.3) is 0 Å². The predicted octanol–water partition coefficient (Wildman–Crippen LogP) is 2.36. The molecule has 0 aliphatic heterocycles. The monoisotopic (exact) mass is 219 g/mol. The molecule has 2 atom stereocenters. The first-order valence-corrected chi connectivity index (χ1v) is 6.25. The highest BCUT2D eigenvalue weighted by molar-refractivity contribution is 5.13. The van der Waals surface area contributed by atoms with Crippen LogP contribution in [0, 0.1) is 5.92 Å². The quantitative estimate of drug-likeness (QED) is 0.844. The molecule has 16 heavy (non-hydrogen) atoms. The summed E-state index contributed by atoms with van der Waals surface area (Å²) in [6.07, 6.45) is 9.53. The second-order valence-electron chi connectivity index (χ2n) is 5.03. The smallest absolute Gasteiger partial charge is 0.115 e. The third kappa shape index (κ3) is 2.79. The first-order valence-electron chi connectivity index (χ1n) is 6.25. The van der Waals surface area contributed by atoms with Crippen LogP contribution in [0.3, 0.4) is 0 Å². The molecule has 1 fully saturated rings. The lowest BCUT2D eigenvalue weighted by Gasteiger charge is -2.21. The minimum Gasteiger partial charge on any atom is -0.314 e. The Bertz CT molecular complexity index is 310. The van der Waals surface area contributed by atoms with Crippen molar-refractivity contribution in [3.8, 4) is 0 Å². The molecule has 1 N–H and O–H groups in total. The molecule has 0 saturated heterocycles. The van der Waals surface area contributed by atoms with Gasteiger partial charge in [0.15, 0.2) is 0 Å². The number of nitrogens with one attached hydrogen (secondary N) is 1. The van der Waals surface area contributed by atoms with Gasteiger partial charge in [-0.15, -0.1) is 0 Å². The Kier molecular flexibility index (Phi) is 3.88. The fraction of sp³-hybridized carbons (Fsp3) is 0.692. The summed E-state index contributed by atoms with van der Waals surface area (Å²) in [5, 5.41) is 3.55. The normalized spacial score (nSPS) is 25.2. The number of nitrogens with zero attached hydrogens (tertiary/aromatic N) is 2. The Morgan fingerprint density at radius 2 is 2.06 bits per heavy atom. The molecule has 1 aromatic rings. The Labute approximate surface area is 97.7 Å². The van der Waals surface area contributed by atoms with E-state index in [9.17, 15) is 0 Å². The lowest BCUT2D eigenvalue weighted by atomic mass is 9.90. The first kappa shape index (κ1) is 11.5. The molecule has 0 radical (unpaired) electrons. The van der Waals surface area contributed by atoms with Crippen LogP contribution in [0.4, 0.5) is 0 Å². The number of hydrogen-bond donors (Lipinski definition) is 1. The maximum absolute atomic E-state index is 4.13. The minimum atomic E-state index is 0.577. The second kappa shape index (κ2) is 5.39. The van der Waals surface area contributed by atoms with Crippen molar-refractivity contribution in [1.29, 1.82) is 0 Å². The zero-order valence-corrected chi connectivity index (χ0v) is 10.2. The van der Waals surface area contributed by atoms with Crippen molar-refractivity contribution >= 4 is 0 Å². The number of rotatable bonds is 4. The summed E-state index contributed by atoms with van der Waals surface area (Å²) >= 11 is 0. The summed E-state index contributed by atoms with van der Waals surface area (Å²) in [7, 11) is 0. The summed E-state index contributed by atoms with van der Waals surface area (Å²) in [5.41, 5.74) is 1.32. The molecular weight excluding hydrogens is 198 g/mol. The van der Waals surface area contributed by atoms with Crippen molar-refractivity contribution in [1.82, 2.24) is 15.3 Å². The van der Waals surface area contributed by atoms with Gasteiger partial charge in [0.1, 0.15) is 6.33 Å². The average molecular weight is 219 g/mol. The van der Waals surface area contributed by atoms with Gasteiger partial charge in [-0.05, 0) is 36.8 Å². The molecule has 3 heteroatoms. The molecular formula is C13H21N3. The summed E-state index contributed by atoms with van der Waals surface area (Å²) in [6.45, 7) is 5.53. The van der Waals surface area contributed by atoms with E-state index in [0.717, 1.165) is 12.5 Å². The first-order chi connectivity index (χ1) is 7.77. The lowest BCUT2D eigenvalue weighted by molar-refractivity contribution is 0.421. The van der Waals surface area contributed by atoms with Gasteiger partial charge in [-0.25, -0.2) is 9.97 Å². The summed E-state index contributed by atoms with van der Waals surface area (Å²) in [6, 6.07) is 0.577. The van der Waals surface area contributed by atoms with E-state index >= 15 is 0 Å². The summed E-state index contributed by atoms with van der Waals surface area (Å²) in [4.78, 5) is 8.25. The zero-order valence-electron chi connectivity index (χ0n) is 10.2. The van der Waals surface area contributed by atoms with Crippen LogP contribution in [-0.2, 0) is 0 Å². The molecule has 0 bridgehead atoms. The molecule has 1 aliphatic rings.